The van der Waals surface area contributed by atoms with Gasteiger partial charge in [0.1, 0.15) is 23.9 Å². The lowest BCUT2D eigenvalue weighted by Gasteiger charge is -2.23. The first kappa shape index (κ1) is 23.6. The number of carbonyl (C=O) groups is 3. The van der Waals surface area contributed by atoms with Gasteiger partial charge >= 0.3 is 11.9 Å². The van der Waals surface area contributed by atoms with Crippen molar-refractivity contribution in [2.75, 3.05) is 24.7 Å². The van der Waals surface area contributed by atoms with E-state index in [9.17, 15) is 19.5 Å². The molecule has 3 aromatic rings. The number of anilines is 1. The zero-order chi connectivity index (χ0) is 25.4. The molecule has 1 unspecified atom stereocenters. The van der Waals surface area contributed by atoms with E-state index in [2.05, 4.69) is 4.98 Å². The third-order valence-corrected chi connectivity index (χ3v) is 6.96. The van der Waals surface area contributed by atoms with E-state index in [1.807, 2.05) is 6.07 Å². The van der Waals surface area contributed by atoms with Crippen molar-refractivity contribution >= 4 is 39.9 Å². The maximum Gasteiger partial charge on any atom is 0.350 e. The molecule has 2 aromatic carbocycles. The number of nitrogens with zero attached hydrogens (tertiary/aromatic N) is 2. The summed E-state index contributed by atoms with van der Waals surface area (Å²) in [7, 11) is 0. The number of Topliss-reactive ketones (excluding diaryl/α,β-unsaturated/α-hetero) is 1. The third kappa shape index (κ3) is 3.99. The van der Waals surface area contributed by atoms with Crippen LogP contribution in [0.1, 0.15) is 39.5 Å². The highest BCUT2D eigenvalue weighted by Gasteiger charge is 2.48. The number of benzene rings is 2. The van der Waals surface area contributed by atoms with Gasteiger partial charge in [-0.15, -0.1) is 0 Å². The Kier molecular flexibility index (Phi) is 6.19. The average Bonchev–Trinajstić information content (AvgIpc) is 3.40. The fraction of sp³-hybridized carbons (Fsp3) is 0.231. The summed E-state index contributed by atoms with van der Waals surface area (Å²) >= 11 is 0.964. The highest BCUT2D eigenvalue weighted by atomic mass is 32.1. The first-order valence-corrected chi connectivity index (χ1v) is 12.1. The molecule has 9 nitrogen and oxygen atoms in total. The van der Waals surface area contributed by atoms with E-state index in [1.165, 1.54) is 4.90 Å². The van der Waals surface area contributed by atoms with Crippen LogP contribution >= 0.6 is 11.3 Å². The Labute approximate surface area is 210 Å². The van der Waals surface area contributed by atoms with Gasteiger partial charge in [0.15, 0.2) is 16.6 Å². The highest BCUT2D eigenvalue weighted by molar-refractivity contribution is 7.17. The predicted octanol–water partition coefficient (Wildman–Crippen LogP) is 4.03. The van der Waals surface area contributed by atoms with E-state index < -0.39 is 23.7 Å². The minimum Gasteiger partial charge on any atom is -0.507 e. The molecule has 1 amide bonds. The van der Waals surface area contributed by atoms with Crippen LogP contribution in [0, 0.1) is 6.92 Å². The maximum atomic E-state index is 13.3. The van der Waals surface area contributed by atoms with Gasteiger partial charge in [0, 0.05) is 5.56 Å². The Morgan fingerprint density at radius 2 is 1.86 bits per heavy atom. The molecule has 0 bridgehead atoms. The number of ether oxygens (including phenoxy) is 3. The molecule has 0 radical (unpaired) electrons. The number of fused-ring (bicyclic) bond motifs is 1. The van der Waals surface area contributed by atoms with Gasteiger partial charge in [-0.25, -0.2) is 9.78 Å². The number of aliphatic hydroxyl groups excluding tert-OH is 1. The Morgan fingerprint density at radius 1 is 1.14 bits per heavy atom. The molecule has 36 heavy (non-hydrogen) atoms. The molecule has 2 aliphatic rings. The SMILES string of the molecule is CCOC(=O)c1sc(N2C(=O)C(=O)/C(=C(/O)c3ccc4c(c3)OCCO4)C2c2ccccc2)nc1C. The molecule has 0 saturated carbocycles. The van der Waals surface area contributed by atoms with Crippen molar-refractivity contribution in [3.63, 3.8) is 0 Å². The van der Waals surface area contributed by atoms with Crippen molar-refractivity contribution in [3.05, 3.63) is 75.8 Å². The first-order valence-electron chi connectivity index (χ1n) is 11.3. The summed E-state index contributed by atoms with van der Waals surface area (Å²) in [6, 6.07) is 12.7. The number of ketones is 1. The number of thiazole rings is 1. The van der Waals surface area contributed by atoms with Gasteiger partial charge < -0.3 is 19.3 Å². The summed E-state index contributed by atoms with van der Waals surface area (Å²) < 4.78 is 16.2. The van der Waals surface area contributed by atoms with E-state index in [0.29, 0.717) is 41.5 Å². The van der Waals surface area contributed by atoms with Crippen molar-refractivity contribution in [3.8, 4) is 11.5 Å². The molecular formula is C26H22N2O7S. The summed E-state index contributed by atoms with van der Waals surface area (Å²) in [6.45, 7) is 4.29. The Bertz CT molecular complexity index is 1400. The van der Waals surface area contributed by atoms with E-state index >= 15 is 0 Å². The number of amides is 1. The zero-order valence-electron chi connectivity index (χ0n) is 19.5. The standard InChI is InChI=1S/C26H22N2O7S/c1-3-33-25(32)23-14(2)27-26(36-23)28-20(15-7-5-4-6-8-15)19(22(30)24(28)31)21(29)16-9-10-17-18(13-16)35-12-11-34-17/h4-10,13,20,29H,3,11-12H2,1-2H3/b21-19+. The molecule has 1 aromatic heterocycles. The van der Waals surface area contributed by atoms with Crippen LogP contribution in [0.25, 0.3) is 5.76 Å². The van der Waals surface area contributed by atoms with E-state index in [0.717, 1.165) is 11.3 Å². The molecule has 1 saturated heterocycles. The molecule has 2 aliphatic heterocycles. The molecule has 1 atom stereocenters. The van der Waals surface area contributed by atoms with Crippen LogP contribution in [0.3, 0.4) is 0 Å². The predicted molar refractivity (Wildman–Crippen MR) is 131 cm³/mol. The van der Waals surface area contributed by atoms with Crippen LogP contribution in [0.4, 0.5) is 5.13 Å². The van der Waals surface area contributed by atoms with Gasteiger partial charge in [0.25, 0.3) is 5.78 Å². The maximum absolute atomic E-state index is 13.3. The van der Waals surface area contributed by atoms with Crippen molar-refractivity contribution in [2.45, 2.75) is 19.9 Å². The molecule has 184 valence electrons. The van der Waals surface area contributed by atoms with Gasteiger partial charge in [-0.1, -0.05) is 41.7 Å². The summed E-state index contributed by atoms with van der Waals surface area (Å²) in [5.41, 5.74) is 1.20. The number of aromatic nitrogens is 1. The fourth-order valence-electron chi connectivity index (χ4n) is 4.20. The zero-order valence-corrected chi connectivity index (χ0v) is 20.3. The van der Waals surface area contributed by atoms with Crippen LogP contribution < -0.4 is 14.4 Å². The van der Waals surface area contributed by atoms with Crippen LogP contribution in [-0.4, -0.2) is 47.6 Å². The topological polar surface area (TPSA) is 115 Å². The molecule has 1 fully saturated rings. The Hall–Kier alpha value is -4.18. The summed E-state index contributed by atoms with van der Waals surface area (Å²) in [4.78, 5) is 44.9. The summed E-state index contributed by atoms with van der Waals surface area (Å²) in [5, 5.41) is 11.5. The second-order valence-corrected chi connectivity index (χ2v) is 9.05. The lowest BCUT2D eigenvalue weighted by atomic mass is 9.95. The van der Waals surface area contributed by atoms with Gasteiger partial charge in [-0.2, -0.15) is 0 Å². The molecule has 5 rings (SSSR count). The number of aliphatic hydroxyl groups is 1. The number of rotatable bonds is 5. The molecule has 0 spiro atoms. The molecule has 10 heteroatoms. The van der Waals surface area contributed by atoms with E-state index in [-0.39, 0.29) is 27.9 Å². The second kappa shape index (κ2) is 9.46. The van der Waals surface area contributed by atoms with Crippen molar-refractivity contribution in [2.24, 2.45) is 0 Å². The summed E-state index contributed by atoms with van der Waals surface area (Å²) in [6.07, 6.45) is 0. The quantitative estimate of drug-likeness (QED) is 0.239. The molecular weight excluding hydrogens is 484 g/mol. The summed E-state index contributed by atoms with van der Waals surface area (Å²) in [5.74, 6) is -1.65. The van der Waals surface area contributed by atoms with Gasteiger partial charge in [-0.3, -0.25) is 14.5 Å². The largest absolute Gasteiger partial charge is 0.507 e. The fourth-order valence-corrected chi connectivity index (χ4v) is 5.19. The normalized spacial score (nSPS) is 18.4. The molecule has 1 N–H and O–H groups in total. The van der Waals surface area contributed by atoms with Crippen LogP contribution in [0.5, 0.6) is 11.5 Å². The monoisotopic (exact) mass is 506 g/mol. The smallest absolute Gasteiger partial charge is 0.350 e. The van der Waals surface area contributed by atoms with Gasteiger partial charge in [0.05, 0.1) is 23.9 Å². The van der Waals surface area contributed by atoms with Crippen LogP contribution in [0.15, 0.2) is 54.1 Å². The van der Waals surface area contributed by atoms with Crippen molar-refractivity contribution < 1.29 is 33.7 Å². The minimum absolute atomic E-state index is 0.0894. The van der Waals surface area contributed by atoms with Gasteiger partial charge in [0.2, 0.25) is 0 Å². The average molecular weight is 507 g/mol. The number of carbonyl (C=O) groups excluding carboxylic acids is 3. The Morgan fingerprint density at radius 3 is 2.58 bits per heavy atom. The number of aryl methyl sites for hydroxylation is 1. The molecule has 0 aliphatic carbocycles. The molecule has 3 heterocycles. The second-order valence-electron chi connectivity index (χ2n) is 8.07. The highest BCUT2D eigenvalue weighted by Crippen LogP contribution is 2.44. The number of hydrogen-bond donors (Lipinski definition) is 1. The van der Waals surface area contributed by atoms with E-state index in [1.54, 1.807) is 56.3 Å². The lowest BCUT2D eigenvalue weighted by Crippen LogP contribution is -2.29. The third-order valence-electron chi connectivity index (χ3n) is 5.83. The number of esters is 1. The van der Waals surface area contributed by atoms with Crippen LogP contribution in [0.2, 0.25) is 0 Å². The van der Waals surface area contributed by atoms with Crippen molar-refractivity contribution in [1.82, 2.24) is 4.98 Å². The van der Waals surface area contributed by atoms with Crippen molar-refractivity contribution in [1.29, 1.82) is 0 Å². The van der Waals surface area contributed by atoms with E-state index in [4.69, 9.17) is 14.2 Å². The Balaban J connectivity index is 1.65. The van der Waals surface area contributed by atoms with Crippen LogP contribution in [-0.2, 0) is 14.3 Å². The first-order chi connectivity index (χ1) is 17.4. The lowest BCUT2D eigenvalue weighted by molar-refractivity contribution is -0.132. The minimum atomic E-state index is -0.958. The number of hydrogen-bond acceptors (Lipinski definition) is 9. The van der Waals surface area contributed by atoms with Gasteiger partial charge in [-0.05, 0) is 37.6 Å².